The second kappa shape index (κ2) is 7.06. The molecule has 0 aliphatic rings. The van der Waals surface area contributed by atoms with Crippen LogP contribution >= 0.6 is 0 Å². The largest absolute Gasteiger partial charge is 0.480 e. The number of likely N-dealkylation sites (N-methyl/N-ethyl adjacent to an activating group) is 1. The molecular formula is C15H21FN2O3. The van der Waals surface area contributed by atoms with E-state index in [1.54, 1.807) is 19.1 Å². The molecule has 0 aliphatic carbocycles. The number of rotatable bonds is 6. The van der Waals surface area contributed by atoms with Crippen molar-refractivity contribution in [2.45, 2.75) is 32.7 Å². The summed E-state index contributed by atoms with van der Waals surface area (Å²) in [6, 6.07) is 5.61. The van der Waals surface area contributed by atoms with Gasteiger partial charge in [0.15, 0.2) is 0 Å². The van der Waals surface area contributed by atoms with Crippen molar-refractivity contribution in [2.75, 3.05) is 13.1 Å². The molecule has 0 spiro atoms. The van der Waals surface area contributed by atoms with Crippen LogP contribution < -0.4 is 5.32 Å². The zero-order chi connectivity index (χ0) is 16.0. The number of carboxylic acid groups (broad SMARTS) is 1. The van der Waals surface area contributed by atoms with E-state index in [1.807, 2.05) is 0 Å². The first-order valence-corrected chi connectivity index (χ1v) is 6.82. The number of nitrogens with one attached hydrogen (secondary N) is 1. The average molecular weight is 296 g/mol. The molecule has 0 heterocycles. The molecule has 2 N–H and O–H groups in total. The van der Waals surface area contributed by atoms with Crippen LogP contribution in [-0.2, 0) is 11.2 Å². The van der Waals surface area contributed by atoms with Gasteiger partial charge in [0.25, 0.3) is 0 Å². The number of carbonyl (C=O) groups is 2. The molecular weight excluding hydrogens is 275 g/mol. The van der Waals surface area contributed by atoms with Crippen LogP contribution in [0.1, 0.15) is 26.3 Å². The summed E-state index contributed by atoms with van der Waals surface area (Å²) in [5.41, 5.74) is -0.369. The predicted molar refractivity (Wildman–Crippen MR) is 77.6 cm³/mol. The summed E-state index contributed by atoms with van der Waals surface area (Å²) in [4.78, 5) is 24.5. The third-order valence-corrected chi connectivity index (χ3v) is 3.36. The minimum atomic E-state index is -1.27. The fourth-order valence-electron chi connectivity index (χ4n) is 1.97. The van der Waals surface area contributed by atoms with Crippen LogP contribution in [0.2, 0.25) is 0 Å². The number of carbonyl (C=O) groups excluding carboxylic acids is 1. The van der Waals surface area contributed by atoms with E-state index in [1.165, 1.54) is 30.9 Å². The minimum absolute atomic E-state index is 0.293. The molecule has 5 nitrogen and oxygen atoms in total. The lowest BCUT2D eigenvalue weighted by Gasteiger charge is -2.34. The van der Waals surface area contributed by atoms with E-state index in [-0.39, 0.29) is 5.82 Å². The fourth-order valence-corrected chi connectivity index (χ4v) is 1.97. The molecule has 1 aromatic rings. The Morgan fingerprint density at radius 1 is 1.29 bits per heavy atom. The van der Waals surface area contributed by atoms with Crippen LogP contribution in [0.15, 0.2) is 24.3 Å². The number of urea groups is 1. The first kappa shape index (κ1) is 16.9. The third-order valence-electron chi connectivity index (χ3n) is 3.36. The number of halogens is 1. The Balaban J connectivity index is 2.55. The van der Waals surface area contributed by atoms with E-state index in [9.17, 15) is 14.0 Å². The summed E-state index contributed by atoms with van der Waals surface area (Å²) in [5.74, 6) is -1.36. The number of aliphatic carboxylic acids is 1. The lowest BCUT2D eigenvalue weighted by Crippen LogP contribution is -2.56. The van der Waals surface area contributed by atoms with Gasteiger partial charge in [0.2, 0.25) is 0 Å². The monoisotopic (exact) mass is 296 g/mol. The van der Waals surface area contributed by atoms with Crippen LogP contribution in [0.5, 0.6) is 0 Å². The molecule has 1 aromatic carbocycles. The Bertz CT molecular complexity index is 500. The predicted octanol–water partition coefficient (Wildman–Crippen LogP) is 2.26. The second-order valence-electron chi connectivity index (χ2n) is 5.22. The molecule has 6 heteroatoms. The Kier molecular flexibility index (Phi) is 5.69. The molecule has 0 saturated heterocycles. The molecule has 21 heavy (non-hydrogen) atoms. The van der Waals surface area contributed by atoms with Crippen LogP contribution in [0.25, 0.3) is 0 Å². The molecule has 0 atom stereocenters. The molecule has 0 saturated carbocycles. The van der Waals surface area contributed by atoms with Gasteiger partial charge in [-0.2, -0.15) is 0 Å². The fraction of sp³-hybridized carbons (Fsp3) is 0.467. The smallest absolute Gasteiger partial charge is 0.329 e. The maximum Gasteiger partial charge on any atom is 0.329 e. The van der Waals surface area contributed by atoms with E-state index >= 15 is 0 Å². The molecule has 0 aromatic heterocycles. The highest BCUT2D eigenvalue weighted by Gasteiger charge is 2.36. The van der Waals surface area contributed by atoms with Crippen molar-refractivity contribution in [2.24, 2.45) is 0 Å². The summed E-state index contributed by atoms with van der Waals surface area (Å²) in [6.07, 6.45) is 0.553. The summed E-state index contributed by atoms with van der Waals surface area (Å²) < 4.78 is 12.8. The van der Waals surface area contributed by atoms with Gasteiger partial charge in [0.05, 0.1) is 0 Å². The summed E-state index contributed by atoms with van der Waals surface area (Å²) in [5, 5.41) is 11.9. The van der Waals surface area contributed by atoms with Crippen LogP contribution in [0.4, 0.5) is 9.18 Å². The van der Waals surface area contributed by atoms with Gasteiger partial charge in [-0.25, -0.2) is 14.0 Å². The molecule has 1 rings (SSSR count). The van der Waals surface area contributed by atoms with Gasteiger partial charge >= 0.3 is 12.0 Å². The van der Waals surface area contributed by atoms with Gasteiger partial charge in [0, 0.05) is 13.1 Å². The van der Waals surface area contributed by atoms with Crippen molar-refractivity contribution < 1.29 is 19.1 Å². The number of nitrogens with zero attached hydrogens (tertiary/aromatic N) is 1. The lowest BCUT2D eigenvalue weighted by molar-refractivity contribution is -0.147. The van der Waals surface area contributed by atoms with Gasteiger partial charge in [-0.15, -0.1) is 0 Å². The number of hydrogen-bond acceptors (Lipinski definition) is 2. The number of hydrogen-bond donors (Lipinski definition) is 2. The van der Waals surface area contributed by atoms with Crippen molar-refractivity contribution in [1.82, 2.24) is 10.2 Å². The molecule has 0 fully saturated rings. The van der Waals surface area contributed by atoms with E-state index in [4.69, 9.17) is 5.11 Å². The first-order chi connectivity index (χ1) is 9.78. The van der Waals surface area contributed by atoms with Gasteiger partial charge in [-0.05, 0) is 44.9 Å². The highest BCUT2D eigenvalue weighted by molar-refractivity contribution is 5.85. The summed E-state index contributed by atoms with van der Waals surface area (Å²) in [6.45, 7) is 5.35. The van der Waals surface area contributed by atoms with Gasteiger partial charge in [-0.1, -0.05) is 12.1 Å². The second-order valence-corrected chi connectivity index (χ2v) is 5.22. The lowest BCUT2D eigenvalue weighted by atomic mass is 10.0. The van der Waals surface area contributed by atoms with Crippen molar-refractivity contribution in [1.29, 1.82) is 0 Å². The zero-order valence-electron chi connectivity index (χ0n) is 12.5. The Labute approximate surface area is 123 Å². The van der Waals surface area contributed by atoms with Crippen LogP contribution in [0, 0.1) is 5.82 Å². The van der Waals surface area contributed by atoms with Crippen molar-refractivity contribution >= 4 is 12.0 Å². The minimum Gasteiger partial charge on any atom is -0.480 e. The maximum absolute atomic E-state index is 12.8. The number of amides is 2. The Hall–Kier alpha value is -2.11. The molecule has 0 radical (unpaired) electrons. The standard InChI is InChI=1S/C15H21FN2O3/c1-4-18(15(2,3)13(19)20)14(21)17-10-9-11-5-7-12(16)8-6-11/h5-8H,4,9-10H2,1-3H3,(H,17,21)(H,19,20). The quantitative estimate of drug-likeness (QED) is 0.846. The summed E-state index contributed by atoms with van der Waals surface area (Å²) in [7, 11) is 0. The van der Waals surface area contributed by atoms with Crippen LogP contribution in [0.3, 0.4) is 0 Å². The van der Waals surface area contributed by atoms with Crippen molar-refractivity contribution in [3.63, 3.8) is 0 Å². The summed E-state index contributed by atoms with van der Waals surface area (Å²) >= 11 is 0. The van der Waals surface area contributed by atoms with Crippen molar-refractivity contribution in [3.8, 4) is 0 Å². The van der Waals surface area contributed by atoms with Gasteiger partial charge in [0.1, 0.15) is 11.4 Å². The number of benzene rings is 1. The first-order valence-electron chi connectivity index (χ1n) is 6.82. The normalized spacial score (nSPS) is 11.0. The van der Waals surface area contributed by atoms with E-state index in [2.05, 4.69) is 5.32 Å². The number of carboxylic acids is 1. The highest BCUT2D eigenvalue weighted by Crippen LogP contribution is 2.14. The Morgan fingerprint density at radius 2 is 1.86 bits per heavy atom. The maximum atomic E-state index is 12.8. The molecule has 0 aliphatic heterocycles. The van der Waals surface area contributed by atoms with Gasteiger partial charge < -0.3 is 15.3 Å². The van der Waals surface area contributed by atoms with E-state index in [0.717, 1.165) is 5.56 Å². The molecule has 116 valence electrons. The SMILES string of the molecule is CCN(C(=O)NCCc1ccc(F)cc1)C(C)(C)C(=O)O. The average Bonchev–Trinajstić information content (AvgIpc) is 2.41. The topological polar surface area (TPSA) is 69.6 Å². The van der Waals surface area contributed by atoms with Crippen molar-refractivity contribution in [3.05, 3.63) is 35.6 Å². The molecule has 0 unspecified atom stereocenters. The van der Waals surface area contributed by atoms with Gasteiger partial charge in [-0.3, -0.25) is 0 Å². The van der Waals surface area contributed by atoms with Crippen LogP contribution in [-0.4, -0.2) is 40.6 Å². The Morgan fingerprint density at radius 3 is 2.33 bits per heavy atom. The van der Waals surface area contributed by atoms with E-state index < -0.39 is 17.5 Å². The molecule has 0 bridgehead atoms. The third kappa shape index (κ3) is 4.44. The van der Waals surface area contributed by atoms with E-state index in [0.29, 0.717) is 19.5 Å². The zero-order valence-corrected chi connectivity index (χ0v) is 12.5. The highest BCUT2D eigenvalue weighted by atomic mass is 19.1. The molecule has 2 amide bonds.